The second-order valence-electron chi connectivity index (χ2n) is 5.06. The number of benzene rings is 2. The smallest absolute Gasteiger partial charge is 0.227 e. The fraction of sp³-hybridized carbons (Fsp3) is 0.176. The van der Waals surface area contributed by atoms with E-state index in [1.807, 2.05) is 30.3 Å². The van der Waals surface area contributed by atoms with Crippen molar-refractivity contribution in [3.63, 3.8) is 0 Å². The standard InChI is InChI=1S/C17H15BrN2O2/c1-3-11-8-14(18)16-15(9-11)20-17(22-16)12-4-6-13(7-5-12)19-10(2)21/h4-9H,3H2,1-2H3,(H,19,21). The van der Waals surface area contributed by atoms with Crippen molar-refractivity contribution in [3.8, 4) is 11.5 Å². The molecule has 4 nitrogen and oxygen atoms in total. The van der Waals surface area contributed by atoms with Crippen molar-refractivity contribution < 1.29 is 9.21 Å². The van der Waals surface area contributed by atoms with Gasteiger partial charge in [0.15, 0.2) is 5.58 Å². The minimum Gasteiger partial charge on any atom is -0.435 e. The van der Waals surface area contributed by atoms with Gasteiger partial charge in [-0.15, -0.1) is 0 Å². The van der Waals surface area contributed by atoms with Gasteiger partial charge in [-0.05, 0) is 64.3 Å². The van der Waals surface area contributed by atoms with Gasteiger partial charge in [0.25, 0.3) is 0 Å². The monoisotopic (exact) mass is 358 g/mol. The van der Waals surface area contributed by atoms with Crippen LogP contribution in [0, 0.1) is 0 Å². The highest BCUT2D eigenvalue weighted by Crippen LogP contribution is 2.31. The summed E-state index contributed by atoms with van der Waals surface area (Å²) in [6, 6.07) is 11.5. The first-order chi connectivity index (χ1) is 10.6. The van der Waals surface area contributed by atoms with E-state index in [4.69, 9.17) is 4.42 Å². The molecule has 1 amide bonds. The van der Waals surface area contributed by atoms with Gasteiger partial charge in [-0.1, -0.05) is 6.92 Å². The summed E-state index contributed by atoms with van der Waals surface area (Å²) in [5.41, 5.74) is 4.42. The Hall–Kier alpha value is -2.14. The van der Waals surface area contributed by atoms with Crippen molar-refractivity contribution in [2.75, 3.05) is 5.32 Å². The molecule has 0 bridgehead atoms. The summed E-state index contributed by atoms with van der Waals surface area (Å²) in [6.07, 6.45) is 0.947. The van der Waals surface area contributed by atoms with Crippen LogP contribution in [0.3, 0.4) is 0 Å². The first-order valence-corrected chi connectivity index (χ1v) is 7.83. The van der Waals surface area contributed by atoms with Crippen LogP contribution < -0.4 is 5.32 Å². The van der Waals surface area contributed by atoms with Gasteiger partial charge in [0.2, 0.25) is 11.8 Å². The van der Waals surface area contributed by atoms with Gasteiger partial charge >= 0.3 is 0 Å². The van der Waals surface area contributed by atoms with Gasteiger partial charge in [-0.2, -0.15) is 0 Å². The number of aromatic nitrogens is 1. The van der Waals surface area contributed by atoms with Crippen LogP contribution in [0.2, 0.25) is 0 Å². The molecule has 1 heterocycles. The highest BCUT2D eigenvalue weighted by Gasteiger charge is 2.12. The van der Waals surface area contributed by atoms with E-state index >= 15 is 0 Å². The molecule has 0 radical (unpaired) electrons. The predicted octanol–water partition coefficient (Wildman–Crippen LogP) is 4.78. The lowest BCUT2D eigenvalue weighted by molar-refractivity contribution is -0.114. The first kappa shape index (κ1) is 14.8. The molecule has 0 aliphatic rings. The van der Waals surface area contributed by atoms with E-state index in [2.05, 4.69) is 39.2 Å². The number of rotatable bonds is 3. The third-order valence-electron chi connectivity index (χ3n) is 3.36. The zero-order valence-corrected chi connectivity index (χ0v) is 13.9. The van der Waals surface area contributed by atoms with Crippen LogP contribution in [-0.2, 0) is 11.2 Å². The minimum absolute atomic E-state index is 0.0920. The van der Waals surface area contributed by atoms with E-state index in [0.29, 0.717) is 5.89 Å². The largest absolute Gasteiger partial charge is 0.435 e. The average molecular weight is 359 g/mol. The minimum atomic E-state index is -0.0920. The number of carbonyl (C=O) groups excluding carboxylic acids is 1. The lowest BCUT2D eigenvalue weighted by Crippen LogP contribution is -2.05. The van der Waals surface area contributed by atoms with Crippen LogP contribution in [0.25, 0.3) is 22.6 Å². The van der Waals surface area contributed by atoms with E-state index in [9.17, 15) is 4.79 Å². The first-order valence-electron chi connectivity index (χ1n) is 7.04. The molecule has 3 aromatic rings. The van der Waals surface area contributed by atoms with E-state index in [-0.39, 0.29) is 5.91 Å². The van der Waals surface area contributed by atoms with Gasteiger partial charge in [0, 0.05) is 18.2 Å². The number of hydrogen-bond donors (Lipinski definition) is 1. The van der Waals surface area contributed by atoms with Crippen molar-refractivity contribution in [3.05, 3.63) is 46.4 Å². The number of carbonyl (C=O) groups is 1. The Balaban J connectivity index is 1.99. The molecule has 22 heavy (non-hydrogen) atoms. The molecule has 0 unspecified atom stereocenters. The third kappa shape index (κ3) is 2.90. The second kappa shape index (κ2) is 5.93. The third-order valence-corrected chi connectivity index (χ3v) is 3.95. The molecule has 112 valence electrons. The van der Waals surface area contributed by atoms with Crippen LogP contribution in [0.15, 0.2) is 45.3 Å². The predicted molar refractivity (Wildman–Crippen MR) is 90.8 cm³/mol. The molecule has 0 atom stereocenters. The Morgan fingerprint density at radius 2 is 2.00 bits per heavy atom. The van der Waals surface area contributed by atoms with E-state index in [1.54, 1.807) is 0 Å². The number of oxazole rings is 1. The van der Waals surface area contributed by atoms with Crippen LogP contribution in [0.1, 0.15) is 19.4 Å². The summed E-state index contributed by atoms with van der Waals surface area (Å²) in [5, 5.41) is 2.74. The van der Waals surface area contributed by atoms with Gasteiger partial charge < -0.3 is 9.73 Å². The average Bonchev–Trinajstić information content (AvgIpc) is 2.92. The van der Waals surface area contributed by atoms with E-state index in [0.717, 1.165) is 33.2 Å². The molecule has 0 aliphatic heterocycles. The highest BCUT2D eigenvalue weighted by molar-refractivity contribution is 9.10. The number of aryl methyl sites for hydroxylation is 1. The Morgan fingerprint density at radius 3 is 2.64 bits per heavy atom. The fourth-order valence-corrected chi connectivity index (χ4v) is 2.85. The summed E-state index contributed by atoms with van der Waals surface area (Å²) in [4.78, 5) is 15.6. The topological polar surface area (TPSA) is 55.1 Å². The van der Waals surface area contributed by atoms with E-state index in [1.165, 1.54) is 12.5 Å². The Bertz CT molecular complexity index is 838. The maximum absolute atomic E-state index is 11.0. The summed E-state index contributed by atoms with van der Waals surface area (Å²) < 4.78 is 6.77. The van der Waals surface area contributed by atoms with Crippen molar-refractivity contribution in [2.45, 2.75) is 20.3 Å². The summed E-state index contributed by atoms with van der Waals surface area (Å²) in [5.74, 6) is 0.476. The maximum Gasteiger partial charge on any atom is 0.227 e. The van der Waals surface area contributed by atoms with Crippen LogP contribution in [0.4, 0.5) is 5.69 Å². The summed E-state index contributed by atoms with van der Waals surface area (Å²) in [7, 11) is 0. The molecule has 3 rings (SSSR count). The van der Waals surface area contributed by atoms with E-state index < -0.39 is 0 Å². The molecule has 1 N–H and O–H groups in total. The van der Waals surface area contributed by atoms with Crippen molar-refractivity contribution in [1.82, 2.24) is 4.98 Å². The quantitative estimate of drug-likeness (QED) is 0.732. The van der Waals surface area contributed by atoms with Gasteiger partial charge in [0.1, 0.15) is 5.52 Å². The molecule has 0 aliphatic carbocycles. The molecule has 0 saturated heterocycles. The van der Waals surface area contributed by atoms with Crippen molar-refractivity contribution >= 4 is 38.6 Å². The number of hydrogen-bond acceptors (Lipinski definition) is 3. The zero-order chi connectivity index (χ0) is 15.7. The van der Waals surface area contributed by atoms with Crippen LogP contribution in [0.5, 0.6) is 0 Å². The molecule has 0 saturated carbocycles. The molecule has 1 aromatic heterocycles. The Kier molecular flexibility index (Phi) is 3.98. The lowest BCUT2D eigenvalue weighted by Gasteiger charge is -2.01. The van der Waals surface area contributed by atoms with Crippen molar-refractivity contribution in [1.29, 1.82) is 0 Å². The summed E-state index contributed by atoms with van der Waals surface area (Å²) >= 11 is 3.53. The molecular formula is C17H15BrN2O2. The Morgan fingerprint density at radius 1 is 1.27 bits per heavy atom. The van der Waals surface area contributed by atoms with Crippen LogP contribution in [-0.4, -0.2) is 10.9 Å². The van der Waals surface area contributed by atoms with Gasteiger partial charge in [-0.25, -0.2) is 4.98 Å². The number of amides is 1. The number of anilines is 1. The fourth-order valence-electron chi connectivity index (χ4n) is 2.27. The lowest BCUT2D eigenvalue weighted by atomic mass is 10.1. The van der Waals surface area contributed by atoms with Crippen LogP contribution >= 0.6 is 15.9 Å². The molecule has 0 fully saturated rings. The molecule has 0 spiro atoms. The number of nitrogens with one attached hydrogen (secondary N) is 1. The maximum atomic E-state index is 11.0. The van der Waals surface area contributed by atoms with Gasteiger partial charge in [-0.3, -0.25) is 4.79 Å². The highest BCUT2D eigenvalue weighted by atomic mass is 79.9. The normalized spacial score (nSPS) is 10.9. The molecule has 5 heteroatoms. The number of fused-ring (bicyclic) bond motifs is 1. The number of nitrogens with zero attached hydrogens (tertiary/aromatic N) is 1. The molecular weight excluding hydrogens is 344 g/mol. The summed E-state index contributed by atoms with van der Waals surface area (Å²) in [6.45, 7) is 3.59. The molecule has 2 aromatic carbocycles. The van der Waals surface area contributed by atoms with Crippen molar-refractivity contribution in [2.24, 2.45) is 0 Å². The second-order valence-corrected chi connectivity index (χ2v) is 5.91. The SMILES string of the molecule is CCc1cc(Br)c2oc(-c3ccc(NC(C)=O)cc3)nc2c1. The van der Waals surface area contributed by atoms with Gasteiger partial charge in [0.05, 0.1) is 4.47 Å². The number of halogens is 1. The Labute approximate surface area is 136 Å². The zero-order valence-electron chi connectivity index (χ0n) is 12.3.